The van der Waals surface area contributed by atoms with Gasteiger partial charge in [-0.25, -0.2) is 5.84 Å². The van der Waals surface area contributed by atoms with Gasteiger partial charge in [-0.05, 0) is 27.2 Å². The molecule has 0 aromatic heterocycles. The van der Waals surface area contributed by atoms with Crippen molar-refractivity contribution in [2.24, 2.45) is 5.84 Å². The van der Waals surface area contributed by atoms with E-state index in [-0.39, 0.29) is 5.91 Å². The summed E-state index contributed by atoms with van der Waals surface area (Å²) in [5, 5.41) is 0. The third kappa shape index (κ3) is 4.61. The standard InChI is InChI=1S/C12H26N4O/c1-10(2)15-6-8-16(9-7-15)11(3)4-5-12(17)14-13/h10-11H,4-9,13H2,1-3H3,(H,14,17). The average Bonchev–Trinajstić information content (AvgIpc) is 2.35. The van der Waals surface area contributed by atoms with Crippen molar-refractivity contribution in [2.75, 3.05) is 26.2 Å². The van der Waals surface area contributed by atoms with E-state index in [1.165, 1.54) is 0 Å². The summed E-state index contributed by atoms with van der Waals surface area (Å²) < 4.78 is 0. The number of rotatable bonds is 5. The van der Waals surface area contributed by atoms with Crippen molar-refractivity contribution in [1.29, 1.82) is 0 Å². The first-order valence-electron chi connectivity index (χ1n) is 6.52. The first kappa shape index (κ1) is 14.4. The number of carbonyl (C=O) groups is 1. The molecule has 1 saturated heterocycles. The maximum absolute atomic E-state index is 11.1. The van der Waals surface area contributed by atoms with E-state index in [1.807, 2.05) is 0 Å². The highest BCUT2D eigenvalue weighted by Crippen LogP contribution is 2.12. The van der Waals surface area contributed by atoms with Crippen LogP contribution in [0.15, 0.2) is 0 Å². The van der Waals surface area contributed by atoms with Gasteiger partial charge in [0.25, 0.3) is 0 Å². The molecule has 3 N–H and O–H groups in total. The molecule has 1 aliphatic rings. The van der Waals surface area contributed by atoms with Crippen molar-refractivity contribution < 1.29 is 4.79 Å². The highest BCUT2D eigenvalue weighted by Gasteiger charge is 2.22. The van der Waals surface area contributed by atoms with Gasteiger partial charge in [0, 0.05) is 44.7 Å². The van der Waals surface area contributed by atoms with E-state index >= 15 is 0 Å². The van der Waals surface area contributed by atoms with E-state index in [0.29, 0.717) is 18.5 Å². The molecule has 1 heterocycles. The van der Waals surface area contributed by atoms with Crippen molar-refractivity contribution in [3.8, 4) is 0 Å². The number of hydrazine groups is 1. The summed E-state index contributed by atoms with van der Waals surface area (Å²) in [7, 11) is 0. The number of piperazine rings is 1. The first-order chi connectivity index (χ1) is 8.04. The van der Waals surface area contributed by atoms with Gasteiger partial charge in [-0.3, -0.25) is 20.0 Å². The van der Waals surface area contributed by atoms with Gasteiger partial charge in [-0.2, -0.15) is 0 Å². The molecular formula is C12H26N4O. The second kappa shape index (κ2) is 6.93. The Hall–Kier alpha value is -0.650. The van der Waals surface area contributed by atoms with Crippen molar-refractivity contribution >= 4 is 5.91 Å². The quantitative estimate of drug-likeness (QED) is 0.410. The summed E-state index contributed by atoms with van der Waals surface area (Å²) in [6.45, 7) is 11.1. The highest BCUT2D eigenvalue weighted by atomic mass is 16.2. The molecule has 1 atom stereocenters. The van der Waals surface area contributed by atoms with Gasteiger partial charge < -0.3 is 0 Å². The average molecular weight is 242 g/mol. The maximum Gasteiger partial charge on any atom is 0.233 e. The van der Waals surface area contributed by atoms with Crippen molar-refractivity contribution in [2.45, 2.75) is 45.7 Å². The van der Waals surface area contributed by atoms with Crippen LogP contribution in [0.5, 0.6) is 0 Å². The number of hydrogen-bond acceptors (Lipinski definition) is 4. The Morgan fingerprint density at radius 1 is 1.18 bits per heavy atom. The van der Waals surface area contributed by atoms with E-state index in [1.54, 1.807) is 0 Å². The van der Waals surface area contributed by atoms with E-state index in [2.05, 4.69) is 36.0 Å². The third-order valence-corrected chi connectivity index (χ3v) is 3.65. The zero-order valence-corrected chi connectivity index (χ0v) is 11.3. The number of nitrogens with zero attached hydrogens (tertiary/aromatic N) is 2. The molecule has 17 heavy (non-hydrogen) atoms. The van der Waals surface area contributed by atoms with Crippen LogP contribution < -0.4 is 11.3 Å². The van der Waals surface area contributed by atoms with E-state index in [4.69, 9.17) is 5.84 Å². The van der Waals surface area contributed by atoms with Crippen molar-refractivity contribution in [1.82, 2.24) is 15.2 Å². The fraction of sp³-hybridized carbons (Fsp3) is 0.917. The van der Waals surface area contributed by atoms with Gasteiger partial charge >= 0.3 is 0 Å². The largest absolute Gasteiger partial charge is 0.298 e. The molecule has 1 amide bonds. The summed E-state index contributed by atoms with van der Waals surface area (Å²) in [4.78, 5) is 16.0. The Balaban J connectivity index is 2.26. The van der Waals surface area contributed by atoms with Crippen LogP contribution in [-0.2, 0) is 4.79 Å². The van der Waals surface area contributed by atoms with E-state index < -0.39 is 0 Å². The lowest BCUT2D eigenvalue weighted by molar-refractivity contribution is -0.121. The lowest BCUT2D eigenvalue weighted by Gasteiger charge is -2.39. The van der Waals surface area contributed by atoms with Gasteiger partial charge in [0.2, 0.25) is 5.91 Å². The SMILES string of the molecule is CC(C)N1CCN(C(C)CCC(=O)NN)CC1. The Morgan fingerprint density at radius 3 is 2.18 bits per heavy atom. The van der Waals surface area contributed by atoms with Gasteiger partial charge in [0.1, 0.15) is 0 Å². The second-order valence-corrected chi connectivity index (χ2v) is 5.12. The summed E-state index contributed by atoms with van der Waals surface area (Å²) in [6, 6.07) is 1.09. The first-order valence-corrected chi connectivity index (χ1v) is 6.52. The van der Waals surface area contributed by atoms with Gasteiger partial charge in [0.15, 0.2) is 0 Å². The molecule has 5 heteroatoms. The summed E-state index contributed by atoms with van der Waals surface area (Å²) >= 11 is 0. The molecule has 0 aliphatic carbocycles. The molecular weight excluding hydrogens is 216 g/mol. The molecule has 1 rings (SSSR count). The molecule has 0 aromatic carbocycles. The van der Waals surface area contributed by atoms with Crippen LogP contribution in [0.1, 0.15) is 33.6 Å². The fourth-order valence-corrected chi connectivity index (χ4v) is 2.29. The van der Waals surface area contributed by atoms with Gasteiger partial charge in [0.05, 0.1) is 0 Å². The molecule has 1 fully saturated rings. The molecule has 5 nitrogen and oxygen atoms in total. The predicted molar refractivity (Wildman–Crippen MR) is 69.3 cm³/mol. The molecule has 1 aliphatic heterocycles. The van der Waals surface area contributed by atoms with Crippen LogP contribution in [-0.4, -0.2) is 54.0 Å². The number of nitrogens with two attached hydrogens (primary N) is 1. The number of nitrogens with one attached hydrogen (secondary N) is 1. The number of hydrogen-bond donors (Lipinski definition) is 2. The van der Waals surface area contributed by atoms with Gasteiger partial charge in [-0.15, -0.1) is 0 Å². The Morgan fingerprint density at radius 2 is 1.71 bits per heavy atom. The molecule has 0 saturated carbocycles. The number of carbonyl (C=O) groups excluding carboxylic acids is 1. The predicted octanol–water partition coefficient (Wildman–Crippen LogP) is 0.171. The van der Waals surface area contributed by atoms with Crippen LogP contribution in [0.3, 0.4) is 0 Å². The minimum absolute atomic E-state index is 0.0716. The lowest BCUT2D eigenvalue weighted by atomic mass is 10.1. The van der Waals surface area contributed by atoms with E-state index in [9.17, 15) is 4.79 Å². The highest BCUT2D eigenvalue weighted by molar-refractivity contribution is 5.75. The minimum Gasteiger partial charge on any atom is -0.298 e. The zero-order chi connectivity index (χ0) is 12.8. The van der Waals surface area contributed by atoms with Crippen molar-refractivity contribution in [3.63, 3.8) is 0 Å². The van der Waals surface area contributed by atoms with Crippen LogP contribution in [0, 0.1) is 0 Å². The molecule has 1 unspecified atom stereocenters. The monoisotopic (exact) mass is 242 g/mol. The van der Waals surface area contributed by atoms with E-state index in [0.717, 1.165) is 32.6 Å². The molecule has 0 bridgehead atoms. The molecule has 0 spiro atoms. The minimum atomic E-state index is -0.0716. The Kier molecular flexibility index (Phi) is 5.88. The van der Waals surface area contributed by atoms with Crippen LogP contribution >= 0.6 is 0 Å². The number of amides is 1. The molecule has 100 valence electrons. The van der Waals surface area contributed by atoms with Crippen LogP contribution in [0.25, 0.3) is 0 Å². The normalized spacial score (nSPS) is 20.5. The fourth-order valence-electron chi connectivity index (χ4n) is 2.29. The van der Waals surface area contributed by atoms with Crippen molar-refractivity contribution in [3.05, 3.63) is 0 Å². The summed E-state index contributed by atoms with van der Waals surface area (Å²) in [6.07, 6.45) is 1.40. The van der Waals surface area contributed by atoms with Gasteiger partial charge in [-0.1, -0.05) is 0 Å². The Bertz CT molecular complexity index is 237. The Labute approximate surface area is 104 Å². The second-order valence-electron chi connectivity index (χ2n) is 5.12. The third-order valence-electron chi connectivity index (χ3n) is 3.65. The topological polar surface area (TPSA) is 61.6 Å². The lowest BCUT2D eigenvalue weighted by Crippen LogP contribution is -2.51. The zero-order valence-electron chi connectivity index (χ0n) is 11.3. The smallest absolute Gasteiger partial charge is 0.233 e. The van der Waals surface area contributed by atoms with Crippen LogP contribution in [0.4, 0.5) is 0 Å². The molecule has 0 radical (unpaired) electrons. The summed E-state index contributed by atoms with van der Waals surface area (Å²) in [5.74, 6) is 5.00. The summed E-state index contributed by atoms with van der Waals surface area (Å²) in [5.41, 5.74) is 2.18. The maximum atomic E-state index is 11.1. The molecule has 0 aromatic rings. The van der Waals surface area contributed by atoms with Crippen LogP contribution in [0.2, 0.25) is 0 Å².